The summed E-state index contributed by atoms with van der Waals surface area (Å²) in [6.07, 6.45) is 3.39. The average Bonchev–Trinajstić information content (AvgIpc) is 3.27. The van der Waals surface area contributed by atoms with Crippen LogP contribution in [0, 0.1) is 6.92 Å². The van der Waals surface area contributed by atoms with Gasteiger partial charge in [0.25, 0.3) is 5.56 Å². The molecule has 0 amide bonds. The van der Waals surface area contributed by atoms with Crippen molar-refractivity contribution in [1.82, 2.24) is 14.1 Å². The molecule has 1 saturated heterocycles. The first-order chi connectivity index (χ1) is 14.2. The Morgan fingerprint density at radius 3 is 2.73 bits per heavy atom. The number of carbonyl (C=O) groups is 1. The Bertz CT molecular complexity index is 1220. The Balaban J connectivity index is 1.93. The molecule has 4 heterocycles. The molecular formula is C19H21N3O7S. The van der Waals surface area contributed by atoms with Gasteiger partial charge in [0.15, 0.2) is 6.29 Å². The fraction of sp³-hybridized carbons (Fsp3) is 0.474. The van der Waals surface area contributed by atoms with Crippen molar-refractivity contribution in [3.05, 3.63) is 38.9 Å². The molecule has 3 aromatic rings. The number of nitrogens with zero attached hydrogens (tertiary/aromatic N) is 3. The van der Waals surface area contributed by atoms with Gasteiger partial charge in [0, 0.05) is 6.42 Å². The third kappa shape index (κ3) is 3.18. The highest BCUT2D eigenvalue weighted by molar-refractivity contribution is 7.22. The molecule has 10 nitrogen and oxygen atoms in total. The quantitative estimate of drug-likeness (QED) is 0.595. The van der Waals surface area contributed by atoms with Crippen molar-refractivity contribution >= 4 is 27.5 Å². The van der Waals surface area contributed by atoms with Crippen LogP contribution >= 0.6 is 11.3 Å². The highest BCUT2D eigenvalue weighted by atomic mass is 32.1. The largest absolute Gasteiger partial charge is 0.480 e. The molecule has 0 saturated carbocycles. The lowest BCUT2D eigenvalue weighted by atomic mass is 10.1. The van der Waals surface area contributed by atoms with Gasteiger partial charge in [0.1, 0.15) is 16.6 Å². The number of ether oxygens (including phenoxy) is 2. The van der Waals surface area contributed by atoms with Gasteiger partial charge in [-0.25, -0.2) is 19.1 Å². The number of aliphatic carboxylic acids is 1. The van der Waals surface area contributed by atoms with Crippen LogP contribution in [0.3, 0.4) is 0 Å². The number of thiophene rings is 1. The van der Waals surface area contributed by atoms with Crippen LogP contribution in [-0.2, 0) is 26.4 Å². The zero-order chi connectivity index (χ0) is 21.6. The summed E-state index contributed by atoms with van der Waals surface area (Å²) in [5.41, 5.74) is -2.53. The molecule has 4 rings (SSSR count). The second-order valence-electron chi connectivity index (χ2n) is 7.47. The fourth-order valence-electron chi connectivity index (χ4n) is 3.29. The highest BCUT2D eigenvalue weighted by Crippen LogP contribution is 2.35. The van der Waals surface area contributed by atoms with Crippen LogP contribution in [0.5, 0.6) is 0 Å². The van der Waals surface area contributed by atoms with Crippen LogP contribution in [-0.4, -0.2) is 44.7 Å². The number of aromatic nitrogens is 3. The molecule has 0 radical (unpaired) electrons. The molecule has 0 bridgehead atoms. The Kier molecular flexibility index (Phi) is 5.12. The van der Waals surface area contributed by atoms with E-state index in [4.69, 9.17) is 13.9 Å². The predicted octanol–water partition coefficient (Wildman–Crippen LogP) is 1.77. The average molecular weight is 435 g/mol. The van der Waals surface area contributed by atoms with Crippen LogP contribution in [0.2, 0.25) is 0 Å². The van der Waals surface area contributed by atoms with Gasteiger partial charge in [0.2, 0.25) is 5.89 Å². The molecular weight excluding hydrogens is 414 g/mol. The number of fused-ring (bicyclic) bond motifs is 1. The maximum absolute atomic E-state index is 13.3. The van der Waals surface area contributed by atoms with Crippen LogP contribution in [0.4, 0.5) is 0 Å². The van der Waals surface area contributed by atoms with E-state index < -0.39 is 22.8 Å². The number of aryl methyl sites for hydroxylation is 1. The molecule has 1 atom stereocenters. The zero-order valence-electron chi connectivity index (χ0n) is 16.7. The van der Waals surface area contributed by atoms with E-state index in [0.717, 1.165) is 11.0 Å². The third-order valence-electron chi connectivity index (χ3n) is 5.20. The van der Waals surface area contributed by atoms with Gasteiger partial charge >= 0.3 is 11.7 Å². The number of hydrogen-bond donors (Lipinski definition) is 1. The molecule has 30 heavy (non-hydrogen) atoms. The second kappa shape index (κ2) is 7.49. The number of hydrogen-bond acceptors (Lipinski definition) is 8. The summed E-state index contributed by atoms with van der Waals surface area (Å²) in [6.45, 7) is 5.32. The van der Waals surface area contributed by atoms with E-state index in [1.165, 1.54) is 42.2 Å². The van der Waals surface area contributed by atoms with Gasteiger partial charge in [-0.05, 0) is 26.3 Å². The number of rotatable bonds is 7. The summed E-state index contributed by atoms with van der Waals surface area (Å²) < 4.78 is 18.4. The lowest BCUT2D eigenvalue weighted by Crippen LogP contribution is -2.52. The number of carboxylic acid groups (broad SMARTS) is 1. The molecule has 1 N–H and O–H groups in total. The zero-order valence-corrected chi connectivity index (χ0v) is 17.5. The van der Waals surface area contributed by atoms with Gasteiger partial charge in [-0.1, -0.05) is 0 Å². The van der Waals surface area contributed by atoms with Gasteiger partial charge in [-0.15, -0.1) is 11.3 Å². The van der Waals surface area contributed by atoms with E-state index in [0.29, 0.717) is 27.8 Å². The molecule has 1 fully saturated rings. The van der Waals surface area contributed by atoms with Crippen molar-refractivity contribution in [3.63, 3.8) is 0 Å². The normalized spacial score (nSPS) is 16.7. The van der Waals surface area contributed by atoms with Gasteiger partial charge < -0.3 is 19.0 Å². The Labute approximate surface area is 174 Å². The van der Waals surface area contributed by atoms with Gasteiger partial charge in [-0.2, -0.15) is 0 Å². The van der Waals surface area contributed by atoms with E-state index in [1.54, 1.807) is 6.92 Å². The Morgan fingerprint density at radius 1 is 1.43 bits per heavy atom. The molecule has 1 aliphatic rings. The number of oxazole rings is 1. The van der Waals surface area contributed by atoms with Crippen molar-refractivity contribution in [2.45, 2.75) is 45.6 Å². The van der Waals surface area contributed by atoms with Crippen LogP contribution in [0.25, 0.3) is 21.0 Å². The number of carboxylic acids is 1. The Hall–Kier alpha value is -2.76. The minimum absolute atomic E-state index is 0.135. The van der Waals surface area contributed by atoms with Crippen molar-refractivity contribution in [1.29, 1.82) is 0 Å². The molecule has 160 valence electrons. The fourth-order valence-corrected chi connectivity index (χ4v) is 4.55. The Morgan fingerprint density at radius 2 is 2.17 bits per heavy atom. The molecule has 3 aromatic heterocycles. The lowest BCUT2D eigenvalue weighted by Gasteiger charge is -2.27. The van der Waals surface area contributed by atoms with E-state index in [2.05, 4.69) is 4.98 Å². The van der Waals surface area contributed by atoms with Crippen molar-refractivity contribution in [2.75, 3.05) is 13.2 Å². The molecule has 0 spiro atoms. The SMILES string of the molecule is Cc1c(-c2ncco2)sc2c1c(=O)n(C(C)(C)C(=O)O)c(=O)n2CCOC1CCO1. The lowest BCUT2D eigenvalue weighted by molar-refractivity contribution is -0.215. The predicted molar refractivity (Wildman–Crippen MR) is 108 cm³/mol. The molecule has 1 unspecified atom stereocenters. The first kappa shape index (κ1) is 20.5. The topological polar surface area (TPSA) is 126 Å². The molecule has 0 aromatic carbocycles. The van der Waals surface area contributed by atoms with Crippen LogP contribution in [0.15, 0.2) is 26.5 Å². The maximum atomic E-state index is 13.3. The van der Waals surface area contributed by atoms with Gasteiger partial charge in [0.05, 0.1) is 36.2 Å². The second-order valence-corrected chi connectivity index (χ2v) is 8.47. The van der Waals surface area contributed by atoms with E-state index >= 15 is 0 Å². The van der Waals surface area contributed by atoms with Crippen LogP contribution in [0.1, 0.15) is 25.8 Å². The third-order valence-corrected chi connectivity index (χ3v) is 6.50. The van der Waals surface area contributed by atoms with E-state index in [-0.39, 0.29) is 24.8 Å². The summed E-state index contributed by atoms with van der Waals surface area (Å²) >= 11 is 1.20. The molecule has 0 aliphatic carbocycles. The summed E-state index contributed by atoms with van der Waals surface area (Å²) in [5.74, 6) is -0.956. The van der Waals surface area contributed by atoms with E-state index in [9.17, 15) is 19.5 Å². The summed E-state index contributed by atoms with van der Waals surface area (Å²) in [7, 11) is 0. The minimum Gasteiger partial charge on any atom is -0.480 e. The standard InChI is InChI=1S/C19H21N3O7S/c1-10-12-15(23)22(19(2,3)17(24)25)18(26)21(6-9-28-11-4-7-27-11)16(12)30-13(10)14-20-5-8-29-14/h5,8,11H,4,6-7,9H2,1-3H3,(H,24,25). The highest BCUT2D eigenvalue weighted by Gasteiger charge is 2.35. The first-order valence-electron chi connectivity index (χ1n) is 9.39. The van der Waals surface area contributed by atoms with Crippen molar-refractivity contribution < 1.29 is 23.8 Å². The first-order valence-corrected chi connectivity index (χ1v) is 10.2. The van der Waals surface area contributed by atoms with Crippen molar-refractivity contribution in [3.8, 4) is 10.8 Å². The van der Waals surface area contributed by atoms with Crippen molar-refractivity contribution in [2.24, 2.45) is 0 Å². The summed E-state index contributed by atoms with van der Waals surface area (Å²) in [5, 5.41) is 9.91. The van der Waals surface area contributed by atoms with E-state index in [1.807, 2.05) is 0 Å². The van der Waals surface area contributed by atoms with Gasteiger partial charge in [-0.3, -0.25) is 9.36 Å². The summed E-state index contributed by atoms with van der Waals surface area (Å²) in [6, 6.07) is 0. The molecule has 1 aliphatic heterocycles. The monoisotopic (exact) mass is 435 g/mol. The minimum atomic E-state index is -1.74. The van der Waals surface area contributed by atoms with Crippen LogP contribution < -0.4 is 11.2 Å². The molecule has 11 heteroatoms. The summed E-state index contributed by atoms with van der Waals surface area (Å²) in [4.78, 5) is 43.5. The smallest absolute Gasteiger partial charge is 0.333 e. The maximum Gasteiger partial charge on any atom is 0.333 e.